The van der Waals surface area contributed by atoms with Gasteiger partial charge in [-0.15, -0.1) is 0 Å². The van der Waals surface area contributed by atoms with E-state index in [9.17, 15) is 4.79 Å². The molecule has 0 spiro atoms. The van der Waals surface area contributed by atoms with Crippen LogP contribution in [0.25, 0.3) is 0 Å². The Morgan fingerprint density at radius 1 is 0.958 bits per heavy atom. The third-order valence-electron chi connectivity index (χ3n) is 6.87. The van der Waals surface area contributed by atoms with E-state index in [0.29, 0.717) is 19.0 Å². The Hall–Kier alpha value is -0.610. The zero-order valence-corrected chi connectivity index (χ0v) is 15.4. The standard InChI is InChI=1S/C20H37N3O/c21-16-20(11-5-2-6-12-20)15-19(24)22-17-9-13-23(14-10-17)18-7-3-1-4-8-18/h17-18H,1-16,21H2,(H,22,24). The first-order valence-corrected chi connectivity index (χ1v) is 10.4. The first-order chi connectivity index (χ1) is 11.7. The summed E-state index contributed by atoms with van der Waals surface area (Å²) in [6.07, 6.45) is 16.0. The van der Waals surface area contributed by atoms with Crippen LogP contribution >= 0.6 is 0 Å². The second-order valence-corrected chi connectivity index (χ2v) is 8.61. The van der Waals surface area contributed by atoms with Crippen LogP contribution in [-0.4, -0.2) is 42.5 Å². The molecular weight excluding hydrogens is 298 g/mol. The van der Waals surface area contributed by atoms with Crippen molar-refractivity contribution < 1.29 is 4.79 Å². The molecule has 1 saturated heterocycles. The lowest BCUT2D eigenvalue weighted by Crippen LogP contribution is -2.49. The van der Waals surface area contributed by atoms with Gasteiger partial charge >= 0.3 is 0 Å². The van der Waals surface area contributed by atoms with Crippen molar-refractivity contribution in [2.75, 3.05) is 19.6 Å². The number of carbonyl (C=O) groups is 1. The van der Waals surface area contributed by atoms with Gasteiger partial charge in [-0.2, -0.15) is 0 Å². The molecule has 3 rings (SSSR count). The smallest absolute Gasteiger partial charge is 0.220 e. The lowest BCUT2D eigenvalue weighted by Gasteiger charge is -2.40. The van der Waals surface area contributed by atoms with E-state index in [0.717, 1.165) is 44.8 Å². The van der Waals surface area contributed by atoms with Crippen molar-refractivity contribution in [2.24, 2.45) is 11.1 Å². The van der Waals surface area contributed by atoms with Gasteiger partial charge in [0, 0.05) is 31.6 Å². The number of nitrogens with zero attached hydrogens (tertiary/aromatic N) is 1. The van der Waals surface area contributed by atoms with Gasteiger partial charge in [0.15, 0.2) is 0 Å². The van der Waals surface area contributed by atoms with E-state index in [1.165, 1.54) is 51.4 Å². The van der Waals surface area contributed by atoms with E-state index in [-0.39, 0.29) is 11.3 Å². The minimum Gasteiger partial charge on any atom is -0.353 e. The lowest BCUT2D eigenvalue weighted by molar-refractivity contribution is -0.125. The molecule has 0 atom stereocenters. The summed E-state index contributed by atoms with van der Waals surface area (Å²) in [5.41, 5.74) is 6.12. The van der Waals surface area contributed by atoms with Crippen molar-refractivity contribution in [3.05, 3.63) is 0 Å². The average Bonchev–Trinajstić information content (AvgIpc) is 2.64. The Morgan fingerprint density at radius 3 is 2.21 bits per heavy atom. The van der Waals surface area contributed by atoms with Crippen molar-refractivity contribution in [2.45, 2.75) is 95.6 Å². The molecule has 3 N–H and O–H groups in total. The Kier molecular flexibility index (Phi) is 6.56. The van der Waals surface area contributed by atoms with Crippen LogP contribution in [0.1, 0.15) is 83.5 Å². The van der Waals surface area contributed by atoms with Crippen LogP contribution in [0, 0.1) is 5.41 Å². The maximum atomic E-state index is 12.5. The Balaban J connectivity index is 1.41. The molecule has 0 radical (unpaired) electrons. The molecule has 4 nitrogen and oxygen atoms in total. The second kappa shape index (κ2) is 8.66. The molecule has 1 heterocycles. The zero-order valence-electron chi connectivity index (χ0n) is 15.4. The molecule has 4 heteroatoms. The number of likely N-dealkylation sites (tertiary alicyclic amines) is 1. The molecule has 0 bridgehead atoms. The predicted molar refractivity (Wildman–Crippen MR) is 98.8 cm³/mol. The quantitative estimate of drug-likeness (QED) is 0.811. The van der Waals surface area contributed by atoms with Gasteiger partial charge in [-0.05, 0) is 50.5 Å². The molecule has 138 valence electrons. The molecular formula is C20H37N3O. The fourth-order valence-corrected chi connectivity index (χ4v) is 5.23. The van der Waals surface area contributed by atoms with Crippen molar-refractivity contribution in [3.63, 3.8) is 0 Å². The fraction of sp³-hybridized carbons (Fsp3) is 0.950. The van der Waals surface area contributed by atoms with E-state index in [1.807, 2.05) is 0 Å². The summed E-state index contributed by atoms with van der Waals surface area (Å²) in [5.74, 6) is 0.249. The third kappa shape index (κ3) is 4.72. The number of nitrogens with two attached hydrogens (primary N) is 1. The van der Waals surface area contributed by atoms with E-state index in [2.05, 4.69) is 10.2 Å². The molecule has 3 fully saturated rings. The molecule has 2 aliphatic carbocycles. The van der Waals surface area contributed by atoms with E-state index >= 15 is 0 Å². The highest BCUT2D eigenvalue weighted by atomic mass is 16.1. The van der Waals surface area contributed by atoms with Gasteiger partial charge in [0.05, 0.1) is 0 Å². The summed E-state index contributed by atoms with van der Waals surface area (Å²) in [5, 5.41) is 3.33. The van der Waals surface area contributed by atoms with Crippen LogP contribution < -0.4 is 11.1 Å². The predicted octanol–water partition coefficient (Wildman–Crippen LogP) is 3.20. The Bertz CT molecular complexity index is 392. The summed E-state index contributed by atoms with van der Waals surface area (Å²) >= 11 is 0. The summed E-state index contributed by atoms with van der Waals surface area (Å²) in [4.78, 5) is 15.2. The highest BCUT2D eigenvalue weighted by Crippen LogP contribution is 2.38. The van der Waals surface area contributed by atoms with Crippen LogP contribution in [0.4, 0.5) is 0 Å². The normalized spacial score (nSPS) is 27.0. The number of nitrogens with one attached hydrogen (secondary N) is 1. The summed E-state index contributed by atoms with van der Waals surface area (Å²) < 4.78 is 0. The Morgan fingerprint density at radius 2 is 1.58 bits per heavy atom. The fourth-order valence-electron chi connectivity index (χ4n) is 5.23. The molecule has 0 unspecified atom stereocenters. The first-order valence-electron chi connectivity index (χ1n) is 10.4. The maximum Gasteiger partial charge on any atom is 0.220 e. The van der Waals surface area contributed by atoms with Gasteiger partial charge in [0.1, 0.15) is 0 Å². The molecule has 0 aromatic rings. The molecule has 0 aromatic carbocycles. The topological polar surface area (TPSA) is 58.4 Å². The van der Waals surface area contributed by atoms with Crippen molar-refractivity contribution in [1.29, 1.82) is 0 Å². The van der Waals surface area contributed by atoms with Crippen molar-refractivity contribution >= 4 is 5.91 Å². The number of carbonyl (C=O) groups excluding carboxylic acids is 1. The van der Waals surface area contributed by atoms with E-state index < -0.39 is 0 Å². The van der Waals surface area contributed by atoms with Crippen LogP contribution in [0.3, 0.4) is 0 Å². The van der Waals surface area contributed by atoms with Gasteiger partial charge in [0.2, 0.25) is 5.91 Å². The van der Waals surface area contributed by atoms with Gasteiger partial charge in [-0.1, -0.05) is 38.5 Å². The maximum absolute atomic E-state index is 12.5. The number of piperidine rings is 1. The van der Waals surface area contributed by atoms with Gasteiger partial charge in [-0.3, -0.25) is 4.79 Å². The van der Waals surface area contributed by atoms with Gasteiger partial charge < -0.3 is 16.0 Å². The number of hydrogen-bond acceptors (Lipinski definition) is 3. The first kappa shape index (κ1) is 18.2. The van der Waals surface area contributed by atoms with Crippen LogP contribution in [0.5, 0.6) is 0 Å². The summed E-state index contributed by atoms with van der Waals surface area (Å²) in [7, 11) is 0. The number of hydrogen-bond donors (Lipinski definition) is 2. The van der Waals surface area contributed by atoms with Crippen LogP contribution in [0.2, 0.25) is 0 Å². The van der Waals surface area contributed by atoms with E-state index in [4.69, 9.17) is 5.73 Å². The summed E-state index contributed by atoms with van der Waals surface area (Å²) in [6.45, 7) is 3.00. The van der Waals surface area contributed by atoms with E-state index in [1.54, 1.807) is 0 Å². The highest BCUT2D eigenvalue weighted by Gasteiger charge is 2.34. The molecule has 24 heavy (non-hydrogen) atoms. The Labute approximate surface area is 147 Å². The summed E-state index contributed by atoms with van der Waals surface area (Å²) in [6, 6.07) is 1.20. The van der Waals surface area contributed by atoms with Crippen LogP contribution in [-0.2, 0) is 4.79 Å². The molecule has 1 amide bonds. The molecule has 0 aromatic heterocycles. The minimum atomic E-state index is 0.0884. The molecule has 2 saturated carbocycles. The van der Waals surface area contributed by atoms with Gasteiger partial charge in [0.25, 0.3) is 0 Å². The lowest BCUT2D eigenvalue weighted by atomic mass is 9.71. The zero-order chi connectivity index (χ0) is 16.8. The second-order valence-electron chi connectivity index (χ2n) is 8.61. The SMILES string of the molecule is NCC1(CC(=O)NC2CCN(C3CCCCC3)CC2)CCCCC1. The monoisotopic (exact) mass is 335 g/mol. The van der Waals surface area contributed by atoms with Crippen LogP contribution in [0.15, 0.2) is 0 Å². The minimum absolute atomic E-state index is 0.0884. The average molecular weight is 336 g/mol. The molecule has 1 aliphatic heterocycles. The number of amides is 1. The third-order valence-corrected chi connectivity index (χ3v) is 6.87. The molecule has 3 aliphatic rings. The van der Waals surface area contributed by atoms with Crippen molar-refractivity contribution in [3.8, 4) is 0 Å². The largest absolute Gasteiger partial charge is 0.353 e. The van der Waals surface area contributed by atoms with Crippen molar-refractivity contribution in [1.82, 2.24) is 10.2 Å². The highest BCUT2D eigenvalue weighted by molar-refractivity contribution is 5.77. The number of rotatable bonds is 5. The van der Waals surface area contributed by atoms with Gasteiger partial charge in [-0.25, -0.2) is 0 Å².